The second-order valence-corrected chi connectivity index (χ2v) is 5.23. The largest absolute Gasteiger partial charge is 0.389 e. The lowest BCUT2D eigenvalue weighted by Gasteiger charge is -2.21. The maximum Gasteiger partial charge on any atom is 0.146 e. The minimum Gasteiger partial charge on any atom is -0.389 e. The molecular formula is C17H20FNO. The zero-order valence-corrected chi connectivity index (χ0v) is 12.1. The molecule has 0 saturated heterocycles. The highest BCUT2D eigenvalue weighted by Crippen LogP contribution is 2.23. The first-order valence-electron chi connectivity index (χ1n) is 6.71. The Hall–Kier alpha value is -1.87. The van der Waals surface area contributed by atoms with Gasteiger partial charge in [0.25, 0.3) is 0 Å². The number of aryl methyl sites for hydroxylation is 1. The molecule has 0 aliphatic carbocycles. The Balaban J connectivity index is 2.16. The Kier molecular flexibility index (Phi) is 4.40. The monoisotopic (exact) mass is 273 g/mol. The van der Waals surface area contributed by atoms with E-state index in [1.165, 1.54) is 11.6 Å². The topological polar surface area (TPSA) is 23.5 Å². The van der Waals surface area contributed by atoms with Crippen molar-refractivity contribution in [3.05, 3.63) is 65.0 Å². The molecule has 3 heteroatoms. The van der Waals surface area contributed by atoms with E-state index in [0.29, 0.717) is 17.8 Å². The molecule has 0 fully saturated rings. The van der Waals surface area contributed by atoms with Crippen molar-refractivity contribution in [1.82, 2.24) is 0 Å². The van der Waals surface area contributed by atoms with Gasteiger partial charge in [-0.05, 0) is 37.1 Å². The predicted octanol–water partition coefficient (Wildman–Crippen LogP) is 3.82. The highest BCUT2D eigenvalue weighted by molar-refractivity contribution is 5.49. The molecule has 20 heavy (non-hydrogen) atoms. The maximum absolute atomic E-state index is 14.1. The SMILES string of the molecule is Cc1ccc(CN(C)c2ccc([C@@H](C)O)cc2F)cc1. The van der Waals surface area contributed by atoms with Crippen LogP contribution in [-0.4, -0.2) is 12.2 Å². The van der Waals surface area contributed by atoms with Crippen LogP contribution in [-0.2, 0) is 6.54 Å². The van der Waals surface area contributed by atoms with Gasteiger partial charge >= 0.3 is 0 Å². The van der Waals surface area contributed by atoms with Gasteiger partial charge in [-0.15, -0.1) is 0 Å². The van der Waals surface area contributed by atoms with Crippen LogP contribution in [0.5, 0.6) is 0 Å². The molecule has 0 heterocycles. The fourth-order valence-electron chi connectivity index (χ4n) is 2.15. The summed E-state index contributed by atoms with van der Waals surface area (Å²) < 4.78 is 14.1. The van der Waals surface area contributed by atoms with Crippen molar-refractivity contribution < 1.29 is 9.50 Å². The number of halogens is 1. The van der Waals surface area contributed by atoms with Crippen molar-refractivity contribution in [2.24, 2.45) is 0 Å². The standard InChI is InChI=1S/C17H20FNO/c1-12-4-6-14(7-5-12)11-19(3)17-9-8-15(13(2)20)10-16(17)18/h4-10,13,20H,11H2,1-3H3/t13-/m1/s1. The molecule has 0 aromatic heterocycles. The molecule has 0 spiro atoms. The Bertz CT molecular complexity index is 578. The average molecular weight is 273 g/mol. The van der Waals surface area contributed by atoms with Gasteiger partial charge in [-0.3, -0.25) is 0 Å². The van der Waals surface area contributed by atoms with Crippen LogP contribution in [0.2, 0.25) is 0 Å². The molecule has 2 aromatic carbocycles. The number of nitrogens with zero attached hydrogens (tertiary/aromatic N) is 1. The summed E-state index contributed by atoms with van der Waals surface area (Å²) in [6.45, 7) is 4.32. The predicted molar refractivity (Wildman–Crippen MR) is 80.3 cm³/mol. The summed E-state index contributed by atoms with van der Waals surface area (Å²) in [6, 6.07) is 13.1. The van der Waals surface area contributed by atoms with E-state index in [4.69, 9.17) is 0 Å². The van der Waals surface area contributed by atoms with Crippen molar-refractivity contribution in [3.63, 3.8) is 0 Å². The summed E-state index contributed by atoms with van der Waals surface area (Å²) in [5.74, 6) is -0.307. The van der Waals surface area contributed by atoms with Gasteiger partial charge in [0.1, 0.15) is 5.82 Å². The van der Waals surface area contributed by atoms with Crippen LogP contribution in [0.3, 0.4) is 0 Å². The van der Waals surface area contributed by atoms with E-state index < -0.39 is 6.10 Å². The molecule has 0 saturated carbocycles. The normalized spacial score (nSPS) is 12.2. The van der Waals surface area contributed by atoms with Crippen LogP contribution in [0.15, 0.2) is 42.5 Å². The van der Waals surface area contributed by atoms with Gasteiger partial charge in [-0.2, -0.15) is 0 Å². The van der Waals surface area contributed by atoms with Crippen LogP contribution >= 0.6 is 0 Å². The molecule has 0 radical (unpaired) electrons. The minimum atomic E-state index is -0.652. The number of rotatable bonds is 4. The fourth-order valence-corrected chi connectivity index (χ4v) is 2.15. The van der Waals surface area contributed by atoms with Gasteiger partial charge in [0.15, 0.2) is 0 Å². The first-order valence-corrected chi connectivity index (χ1v) is 6.71. The Morgan fingerprint density at radius 2 is 1.80 bits per heavy atom. The third-order valence-electron chi connectivity index (χ3n) is 3.41. The van der Waals surface area contributed by atoms with Gasteiger partial charge in [-0.1, -0.05) is 35.9 Å². The molecule has 106 valence electrons. The second-order valence-electron chi connectivity index (χ2n) is 5.23. The van der Waals surface area contributed by atoms with Crippen LogP contribution < -0.4 is 4.90 Å². The molecule has 2 aromatic rings. The van der Waals surface area contributed by atoms with Gasteiger partial charge in [0, 0.05) is 13.6 Å². The van der Waals surface area contributed by atoms with Gasteiger partial charge in [0.05, 0.1) is 11.8 Å². The third kappa shape index (κ3) is 3.36. The molecule has 0 amide bonds. The Labute approximate surface area is 119 Å². The highest BCUT2D eigenvalue weighted by Gasteiger charge is 2.10. The highest BCUT2D eigenvalue weighted by atomic mass is 19.1. The molecule has 0 aliphatic rings. The third-order valence-corrected chi connectivity index (χ3v) is 3.41. The summed E-state index contributed by atoms with van der Waals surface area (Å²) >= 11 is 0. The quantitative estimate of drug-likeness (QED) is 0.915. The molecule has 0 bridgehead atoms. The average Bonchev–Trinajstić information content (AvgIpc) is 2.41. The summed E-state index contributed by atoms with van der Waals surface area (Å²) in [4.78, 5) is 1.87. The smallest absolute Gasteiger partial charge is 0.146 e. The van der Waals surface area contributed by atoms with Gasteiger partial charge in [0.2, 0.25) is 0 Å². The van der Waals surface area contributed by atoms with Crippen LogP contribution in [0.25, 0.3) is 0 Å². The van der Waals surface area contributed by atoms with E-state index in [1.54, 1.807) is 19.1 Å². The van der Waals surface area contributed by atoms with Crippen molar-refractivity contribution in [3.8, 4) is 0 Å². The van der Waals surface area contributed by atoms with Crippen molar-refractivity contribution in [1.29, 1.82) is 0 Å². The summed E-state index contributed by atoms with van der Waals surface area (Å²) in [5.41, 5.74) is 3.48. The number of aliphatic hydroxyl groups is 1. The number of benzene rings is 2. The Morgan fingerprint density at radius 1 is 1.15 bits per heavy atom. The van der Waals surface area contributed by atoms with Crippen LogP contribution in [0.4, 0.5) is 10.1 Å². The van der Waals surface area contributed by atoms with E-state index in [2.05, 4.69) is 12.1 Å². The maximum atomic E-state index is 14.1. The zero-order chi connectivity index (χ0) is 14.7. The minimum absolute atomic E-state index is 0.307. The van der Waals surface area contributed by atoms with Gasteiger partial charge in [-0.25, -0.2) is 4.39 Å². The lowest BCUT2D eigenvalue weighted by Crippen LogP contribution is -2.17. The van der Waals surface area contributed by atoms with Crippen molar-refractivity contribution in [2.75, 3.05) is 11.9 Å². The van der Waals surface area contributed by atoms with E-state index in [0.717, 1.165) is 5.56 Å². The Morgan fingerprint density at radius 3 is 2.35 bits per heavy atom. The molecule has 1 atom stereocenters. The lowest BCUT2D eigenvalue weighted by molar-refractivity contribution is 0.199. The first-order chi connectivity index (χ1) is 9.47. The van der Waals surface area contributed by atoms with Crippen LogP contribution in [0.1, 0.15) is 29.7 Å². The molecular weight excluding hydrogens is 253 g/mol. The lowest BCUT2D eigenvalue weighted by atomic mass is 10.1. The molecule has 1 N–H and O–H groups in total. The van der Waals surface area contributed by atoms with E-state index in [-0.39, 0.29) is 5.82 Å². The molecule has 0 aliphatic heterocycles. The summed E-state index contributed by atoms with van der Waals surface area (Å²) in [7, 11) is 1.86. The summed E-state index contributed by atoms with van der Waals surface area (Å²) in [6.07, 6.45) is -0.652. The van der Waals surface area contributed by atoms with Crippen LogP contribution in [0, 0.1) is 12.7 Å². The number of hydrogen-bond acceptors (Lipinski definition) is 2. The summed E-state index contributed by atoms with van der Waals surface area (Å²) in [5, 5.41) is 9.46. The van der Waals surface area contributed by atoms with Crippen molar-refractivity contribution in [2.45, 2.75) is 26.5 Å². The van der Waals surface area contributed by atoms with E-state index >= 15 is 0 Å². The van der Waals surface area contributed by atoms with E-state index in [1.807, 2.05) is 31.0 Å². The van der Waals surface area contributed by atoms with E-state index in [9.17, 15) is 9.50 Å². The molecule has 2 rings (SSSR count). The molecule has 2 nitrogen and oxygen atoms in total. The van der Waals surface area contributed by atoms with Gasteiger partial charge < -0.3 is 10.0 Å². The fraction of sp³-hybridized carbons (Fsp3) is 0.294. The number of anilines is 1. The number of hydrogen-bond donors (Lipinski definition) is 1. The first kappa shape index (κ1) is 14.5. The molecule has 0 unspecified atom stereocenters. The second kappa shape index (κ2) is 6.06. The zero-order valence-electron chi connectivity index (χ0n) is 12.1. The van der Waals surface area contributed by atoms with Crippen molar-refractivity contribution >= 4 is 5.69 Å². The number of aliphatic hydroxyl groups excluding tert-OH is 1.